The van der Waals surface area contributed by atoms with Gasteiger partial charge in [-0.1, -0.05) is 20.8 Å². The lowest BCUT2D eigenvalue weighted by Gasteiger charge is -2.25. The summed E-state index contributed by atoms with van der Waals surface area (Å²) in [6.45, 7) is 9.98. The smallest absolute Gasteiger partial charge is 0.162 e. The first-order valence-electron chi connectivity index (χ1n) is 6.05. The molecular formula is C13H22N2O2. The van der Waals surface area contributed by atoms with E-state index in [2.05, 4.69) is 16.9 Å². The highest BCUT2D eigenvalue weighted by molar-refractivity contribution is 5.25. The van der Waals surface area contributed by atoms with E-state index >= 15 is 0 Å². The molecule has 0 aromatic carbocycles. The Morgan fingerprint density at radius 1 is 1.41 bits per heavy atom. The van der Waals surface area contributed by atoms with Crippen molar-refractivity contribution >= 4 is 0 Å². The van der Waals surface area contributed by atoms with Crippen molar-refractivity contribution in [3.8, 4) is 5.75 Å². The molecule has 17 heavy (non-hydrogen) atoms. The molecule has 0 fully saturated rings. The highest BCUT2D eigenvalue weighted by Crippen LogP contribution is 2.24. The Balaban J connectivity index is 3.01. The molecule has 1 aromatic rings. The summed E-state index contributed by atoms with van der Waals surface area (Å²) in [7, 11) is 0. The van der Waals surface area contributed by atoms with E-state index in [0.29, 0.717) is 11.4 Å². The van der Waals surface area contributed by atoms with Crippen LogP contribution in [0.5, 0.6) is 5.75 Å². The Bertz CT molecular complexity index is 376. The first-order chi connectivity index (χ1) is 7.89. The maximum absolute atomic E-state index is 9.32. The molecule has 1 aromatic heterocycles. The van der Waals surface area contributed by atoms with Gasteiger partial charge in [-0.2, -0.15) is 0 Å². The molecule has 0 bridgehead atoms. The molecule has 0 aliphatic heterocycles. The van der Waals surface area contributed by atoms with Gasteiger partial charge in [0.2, 0.25) is 0 Å². The summed E-state index contributed by atoms with van der Waals surface area (Å²) in [4.78, 5) is 8.58. The molecule has 1 heterocycles. The lowest BCUT2D eigenvalue weighted by molar-refractivity contribution is 0.0996. The third-order valence-corrected chi connectivity index (χ3v) is 2.75. The number of hydrogen-bond donors (Lipinski definition) is 1. The number of aliphatic hydroxyl groups excluding tert-OH is 1. The number of rotatable bonds is 5. The summed E-state index contributed by atoms with van der Waals surface area (Å²) >= 11 is 0. The van der Waals surface area contributed by atoms with Gasteiger partial charge in [-0.25, -0.2) is 9.97 Å². The first-order valence-corrected chi connectivity index (χ1v) is 6.05. The van der Waals surface area contributed by atoms with Crippen molar-refractivity contribution in [3.05, 3.63) is 17.7 Å². The summed E-state index contributed by atoms with van der Waals surface area (Å²) in [6, 6.07) is 0. The van der Waals surface area contributed by atoms with Crippen molar-refractivity contribution in [1.29, 1.82) is 0 Å². The highest BCUT2D eigenvalue weighted by atomic mass is 16.5. The lowest BCUT2D eigenvalue weighted by Crippen LogP contribution is -2.27. The summed E-state index contributed by atoms with van der Waals surface area (Å²) in [6.07, 6.45) is 2.54. The van der Waals surface area contributed by atoms with Crippen molar-refractivity contribution in [1.82, 2.24) is 9.97 Å². The predicted molar refractivity (Wildman–Crippen MR) is 67.0 cm³/mol. The standard InChI is InChI=1S/C13H22N2O2/c1-6-13(4,5)17-11-7-14-12(9(2)3)15-10(11)8-16/h7,9,16H,6,8H2,1-5H3. The van der Waals surface area contributed by atoms with E-state index in [0.717, 1.165) is 12.2 Å². The van der Waals surface area contributed by atoms with E-state index in [1.54, 1.807) is 6.20 Å². The highest BCUT2D eigenvalue weighted by Gasteiger charge is 2.20. The molecule has 96 valence electrons. The van der Waals surface area contributed by atoms with Gasteiger partial charge in [0.15, 0.2) is 5.75 Å². The average molecular weight is 238 g/mol. The van der Waals surface area contributed by atoms with Crippen molar-refractivity contribution in [2.75, 3.05) is 0 Å². The molecule has 0 saturated heterocycles. The maximum atomic E-state index is 9.32. The topological polar surface area (TPSA) is 55.2 Å². The molecular weight excluding hydrogens is 216 g/mol. The zero-order chi connectivity index (χ0) is 13.1. The van der Waals surface area contributed by atoms with Crippen molar-refractivity contribution in [2.45, 2.75) is 59.2 Å². The molecule has 0 radical (unpaired) electrons. The Hall–Kier alpha value is -1.16. The van der Waals surface area contributed by atoms with Gasteiger partial charge in [-0.3, -0.25) is 0 Å². The minimum Gasteiger partial charge on any atom is -0.484 e. The van der Waals surface area contributed by atoms with Gasteiger partial charge in [0.25, 0.3) is 0 Å². The fourth-order valence-electron chi connectivity index (χ4n) is 1.27. The number of nitrogens with zero attached hydrogens (tertiary/aromatic N) is 2. The molecule has 4 nitrogen and oxygen atoms in total. The van der Waals surface area contributed by atoms with E-state index in [1.165, 1.54) is 0 Å². The van der Waals surface area contributed by atoms with Gasteiger partial charge in [-0.15, -0.1) is 0 Å². The van der Waals surface area contributed by atoms with E-state index < -0.39 is 0 Å². The molecule has 0 saturated carbocycles. The van der Waals surface area contributed by atoms with Crippen LogP contribution in [0.1, 0.15) is 58.5 Å². The summed E-state index contributed by atoms with van der Waals surface area (Å²) in [5.74, 6) is 1.55. The Kier molecular flexibility index (Phi) is 4.46. The van der Waals surface area contributed by atoms with Gasteiger partial charge in [-0.05, 0) is 20.3 Å². The predicted octanol–water partition coefficient (Wildman–Crippen LogP) is 2.66. The Labute approximate surface area is 103 Å². The number of aliphatic hydroxyl groups is 1. The molecule has 0 amide bonds. The van der Waals surface area contributed by atoms with Crippen LogP contribution in [0.15, 0.2) is 6.20 Å². The molecule has 0 atom stereocenters. The van der Waals surface area contributed by atoms with Crippen LogP contribution in [0.4, 0.5) is 0 Å². The Morgan fingerprint density at radius 2 is 2.06 bits per heavy atom. The Morgan fingerprint density at radius 3 is 2.53 bits per heavy atom. The quantitative estimate of drug-likeness (QED) is 0.856. The van der Waals surface area contributed by atoms with Gasteiger partial charge in [0, 0.05) is 5.92 Å². The van der Waals surface area contributed by atoms with Crippen molar-refractivity contribution < 1.29 is 9.84 Å². The fraction of sp³-hybridized carbons (Fsp3) is 0.692. The summed E-state index contributed by atoms with van der Waals surface area (Å²) in [5, 5.41) is 9.32. The molecule has 0 spiro atoms. The van der Waals surface area contributed by atoms with Gasteiger partial charge >= 0.3 is 0 Å². The SMILES string of the molecule is CCC(C)(C)Oc1cnc(C(C)C)nc1CO. The average Bonchev–Trinajstić information content (AvgIpc) is 2.29. The zero-order valence-electron chi connectivity index (χ0n) is 11.3. The van der Waals surface area contributed by atoms with Crippen LogP contribution < -0.4 is 4.74 Å². The molecule has 0 aliphatic carbocycles. The van der Waals surface area contributed by atoms with E-state index in [4.69, 9.17) is 4.74 Å². The van der Waals surface area contributed by atoms with E-state index in [-0.39, 0.29) is 18.1 Å². The summed E-state index contributed by atoms with van der Waals surface area (Å²) < 4.78 is 5.82. The monoisotopic (exact) mass is 238 g/mol. The largest absolute Gasteiger partial charge is 0.484 e. The van der Waals surface area contributed by atoms with Gasteiger partial charge in [0.1, 0.15) is 17.1 Å². The second-order valence-electron chi connectivity index (χ2n) is 5.07. The first kappa shape index (κ1) is 13.9. The molecule has 4 heteroatoms. The number of ether oxygens (including phenoxy) is 1. The number of aromatic nitrogens is 2. The molecule has 0 unspecified atom stereocenters. The van der Waals surface area contributed by atoms with Crippen LogP contribution in [-0.4, -0.2) is 20.7 Å². The molecule has 0 aliphatic rings. The number of hydrogen-bond acceptors (Lipinski definition) is 4. The molecule has 1 N–H and O–H groups in total. The second-order valence-corrected chi connectivity index (χ2v) is 5.07. The van der Waals surface area contributed by atoms with Crippen LogP contribution >= 0.6 is 0 Å². The van der Waals surface area contributed by atoms with Crippen LogP contribution in [0.3, 0.4) is 0 Å². The summed E-state index contributed by atoms with van der Waals surface area (Å²) in [5.41, 5.74) is 0.289. The zero-order valence-corrected chi connectivity index (χ0v) is 11.3. The van der Waals surface area contributed by atoms with E-state index in [1.807, 2.05) is 27.7 Å². The lowest BCUT2D eigenvalue weighted by atomic mass is 10.1. The van der Waals surface area contributed by atoms with Crippen LogP contribution in [0.2, 0.25) is 0 Å². The fourth-order valence-corrected chi connectivity index (χ4v) is 1.27. The van der Waals surface area contributed by atoms with Gasteiger partial charge < -0.3 is 9.84 Å². The van der Waals surface area contributed by atoms with Crippen LogP contribution in [0.25, 0.3) is 0 Å². The third kappa shape index (κ3) is 3.66. The van der Waals surface area contributed by atoms with Crippen LogP contribution in [0, 0.1) is 0 Å². The minimum absolute atomic E-state index is 0.128. The van der Waals surface area contributed by atoms with Crippen molar-refractivity contribution in [2.24, 2.45) is 0 Å². The minimum atomic E-state index is -0.271. The molecule has 1 rings (SSSR count). The maximum Gasteiger partial charge on any atom is 0.162 e. The third-order valence-electron chi connectivity index (χ3n) is 2.75. The normalized spacial score (nSPS) is 11.9. The second kappa shape index (κ2) is 5.45. The van der Waals surface area contributed by atoms with Crippen molar-refractivity contribution in [3.63, 3.8) is 0 Å². The van der Waals surface area contributed by atoms with E-state index in [9.17, 15) is 5.11 Å². The van der Waals surface area contributed by atoms with Gasteiger partial charge in [0.05, 0.1) is 12.8 Å². The van der Waals surface area contributed by atoms with Crippen LogP contribution in [-0.2, 0) is 6.61 Å².